The van der Waals surface area contributed by atoms with Crippen molar-refractivity contribution in [2.24, 2.45) is 5.73 Å². The lowest BCUT2D eigenvalue weighted by molar-refractivity contribution is -0.149. The van der Waals surface area contributed by atoms with E-state index in [9.17, 15) is 4.79 Å². The maximum Gasteiger partial charge on any atom is 0.328 e. The van der Waals surface area contributed by atoms with Gasteiger partial charge in [-0.25, -0.2) is 4.79 Å². The van der Waals surface area contributed by atoms with Gasteiger partial charge in [-0.05, 0) is 6.42 Å². The fourth-order valence-corrected chi connectivity index (χ4v) is 0.927. The van der Waals surface area contributed by atoms with Gasteiger partial charge < -0.3 is 15.2 Å². The Hall–Kier alpha value is -0.320. The molecule has 0 aromatic rings. The molecule has 0 bridgehead atoms. The maximum absolute atomic E-state index is 11.2. The fraction of sp³-hybridized carbons (Fsp3) is 0.875. The number of rotatable bonds is 6. The third kappa shape index (κ3) is 3.93. The van der Waals surface area contributed by atoms with Gasteiger partial charge in [0.15, 0.2) is 0 Å². The molecule has 0 spiro atoms. The topological polar surface area (TPSA) is 61.5 Å². The van der Waals surface area contributed by atoms with Crippen LogP contribution in [0.4, 0.5) is 0 Å². The molecule has 4 nitrogen and oxygen atoms in total. The lowest BCUT2D eigenvalue weighted by Crippen LogP contribution is -2.52. The fourth-order valence-electron chi connectivity index (χ4n) is 0.817. The first-order chi connectivity index (χ1) is 6.10. The smallest absolute Gasteiger partial charge is 0.328 e. The molecule has 2 N–H and O–H groups in total. The van der Waals surface area contributed by atoms with Gasteiger partial charge in [0.2, 0.25) is 0 Å². The molecular weight excluding hydrogens is 194 g/mol. The third-order valence-corrected chi connectivity index (χ3v) is 1.96. The first kappa shape index (κ1) is 12.7. The molecule has 0 aliphatic rings. The normalized spacial score (nSPS) is 15.1. The van der Waals surface area contributed by atoms with E-state index in [1.807, 2.05) is 0 Å². The largest absolute Gasteiger partial charge is 0.468 e. The van der Waals surface area contributed by atoms with Crippen LogP contribution in [0.1, 0.15) is 13.3 Å². The lowest BCUT2D eigenvalue weighted by Gasteiger charge is -2.24. The van der Waals surface area contributed by atoms with Gasteiger partial charge in [-0.2, -0.15) is 0 Å². The molecule has 0 amide bonds. The first-order valence-electron chi connectivity index (χ1n) is 4.11. The van der Waals surface area contributed by atoms with E-state index >= 15 is 0 Å². The van der Waals surface area contributed by atoms with Crippen LogP contribution in [0, 0.1) is 0 Å². The van der Waals surface area contributed by atoms with Crippen molar-refractivity contribution < 1.29 is 14.3 Å². The Morgan fingerprint density at radius 1 is 1.62 bits per heavy atom. The van der Waals surface area contributed by atoms with Crippen molar-refractivity contribution in [3.63, 3.8) is 0 Å². The minimum atomic E-state index is -1.04. The Morgan fingerprint density at radius 3 is 2.62 bits per heavy atom. The van der Waals surface area contributed by atoms with Crippen LogP contribution in [0.25, 0.3) is 0 Å². The van der Waals surface area contributed by atoms with Crippen molar-refractivity contribution >= 4 is 17.6 Å². The van der Waals surface area contributed by atoms with Gasteiger partial charge in [-0.15, -0.1) is 11.6 Å². The van der Waals surface area contributed by atoms with Crippen LogP contribution in [0.15, 0.2) is 0 Å². The Bertz CT molecular complexity index is 165. The van der Waals surface area contributed by atoms with Crippen LogP contribution in [-0.4, -0.2) is 37.7 Å². The van der Waals surface area contributed by atoms with Gasteiger partial charge in [0.05, 0.1) is 20.3 Å². The summed E-state index contributed by atoms with van der Waals surface area (Å²) in [5, 5.41) is 0. The summed E-state index contributed by atoms with van der Waals surface area (Å²) in [6.07, 6.45) is 0.474. The zero-order valence-corrected chi connectivity index (χ0v) is 8.76. The van der Waals surface area contributed by atoms with Gasteiger partial charge in [-0.3, -0.25) is 0 Å². The summed E-state index contributed by atoms with van der Waals surface area (Å²) in [6, 6.07) is 0. The van der Waals surface area contributed by atoms with E-state index in [1.165, 1.54) is 7.11 Å². The van der Waals surface area contributed by atoms with Gasteiger partial charge in [0, 0.05) is 5.88 Å². The van der Waals surface area contributed by atoms with Crippen LogP contribution in [-0.2, 0) is 14.3 Å². The van der Waals surface area contributed by atoms with Gasteiger partial charge in [-0.1, -0.05) is 6.92 Å². The number of methoxy groups -OCH3 is 1. The Kier molecular flexibility index (Phi) is 6.03. The van der Waals surface area contributed by atoms with E-state index in [0.717, 1.165) is 0 Å². The van der Waals surface area contributed by atoms with E-state index in [2.05, 4.69) is 4.74 Å². The van der Waals surface area contributed by atoms with Crippen molar-refractivity contribution in [3.8, 4) is 0 Å². The summed E-state index contributed by atoms with van der Waals surface area (Å²) in [5.41, 5.74) is 4.71. The second-order valence-electron chi connectivity index (χ2n) is 2.74. The number of esters is 1. The Labute approximate surface area is 83.3 Å². The van der Waals surface area contributed by atoms with E-state index in [1.54, 1.807) is 6.92 Å². The number of hydrogen-bond acceptors (Lipinski definition) is 4. The zero-order valence-electron chi connectivity index (χ0n) is 8.01. The highest BCUT2D eigenvalue weighted by molar-refractivity contribution is 6.17. The molecule has 0 aliphatic carbocycles. The van der Waals surface area contributed by atoms with E-state index in [4.69, 9.17) is 22.1 Å². The number of nitrogens with two attached hydrogens (primary N) is 1. The number of hydrogen-bond donors (Lipinski definition) is 1. The highest BCUT2D eigenvalue weighted by Gasteiger charge is 2.33. The SMILES string of the molecule is CCC(N)(COCCCl)C(=O)OC. The highest BCUT2D eigenvalue weighted by atomic mass is 35.5. The van der Waals surface area contributed by atoms with Crippen LogP contribution in [0.5, 0.6) is 0 Å². The average Bonchev–Trinajstić information content (AvgIpc) is 2.16. The quantitative estimate of drug-likeness (QED) is 0.394. The van der Waals surface area contributed by atoms with Crippen molar-refractivity contribution in [2.75, 3.05) is 26.2 Å². The summed E-state index contributed by atoms with van der Waals surface area (Å²) in [4.78, 5) is 11.2. The Balaban J connectivity index is 4.03. The minimum Gasteiger partial charge on any atom is -0.468 e. The number of ether oxygens (including phenoxy) is 2. The number of carbonyl (C=O) groups excluding carboxylic acids is 1. The van der Waals surface area contributed by atoms with Crippen molar-refractivity contribution in [1.29, 1.82) is 0 Å². The molecule has 0 radical (unpaired) electrons. The molecule has 0 saturated carbocycles. The molecule has 0 aliphatic heterocycles. The third-order valence-electron chi connectivity index (χ3n) is 1.80. The number of carbonyl (C=O) groups is 1. The van der Waals surface area contributed by atoms with Crippen LogP contribution < -0.4 is 5.73 Å². The molecule has 0 heterocycles. The van der Waals surface area contributed by atoms with Gasteiger partial charge >= 0.3 is 5.97 Å². The molecule has 1 unspecified atom stereocenters. The van der Waals surface area contributed by atoms with E-state index in [0.29, 0.717) is 18.9 Å². The second kappa shape index (κ2) is 6.18. The van der Waals surface area contributed by atoms with E-state index in [-0.39, 0.29) is 6.61 Å². The molecule has 13 heavy (non-hydrogen) atoms. The standard InChI is InChI=1S/C8H16ClNO3/c1-3-8(10,7(11)12-2)6-13-5-4-9/h3-6,10H2,1-2H3. The highest BCUT2D eigenvalue weighted by Crippen LogP contribution is 2.09. The maximum atomic E-state index is 11.2. The molecule has 0 aromatic carbocycles. The summed E-state index contributed by atoms with van der Waals surface area (Å²) < 4.78 is 9.66. The predicted octanol–water partition coefficient (Wildman–Crippen LogP) is 0.522. The van der Waals surface area contributed by atoms with Crippen LogP contribution in [0.3, 0.4) is 0 Å². The van der Waals surface area contributed by atoms with Crippen LogP contribution >= 0.6 is 11.6 Å². The van der Waals surface area contributed by atoms with Crippen molar-refractivity contribution in [1.82, 2.24) is 0 Å². The Morgan fingerprint density at radius 2 is 2.23 bits per heavy atom. The molecule has 5 heteroatoms. The minimum absolute atomic E-state index is 0.142. The summed E-state index contributed by atoms with van der Waals surface area (Å²) in [7, 11) is 1.31. The summed E-state index contributed by atoms with van der Waals surface area (Å²) in [5.74, 6) is -0.0643. The van der Waals surface area contributed by atoms with Crippen LogP contribution in [0.2, 0.25) is 0 Å². The summed E-state index contributed by atoms with van der Waals surface area (Å²) >= 11 is 5.41. The molecule has 0 fully saturated rings. The van der Waals surface area contributed by atoms with Gasteiger partial charge in [0.1, 0.15) is 5.54 Å². The van der Waals surface area contributed by atoms with Crippen molar-refractivity contribution in [3.05, 3.63) is 0 Å². The molecule has 0 rings (SSSR count). The average molecular weight is 210 g/mol. The monoisotopic (exact) mass is 209 g/mol. The molecule has 78 valence electrons. The predicted molar refractivity (Wildman–Crippen MR) is 50.8 cm³/mol. The van der Waals surface area contributed by atoms with Crippen molar-refractivity contribution in [2.45, 2.75) is 18.9 Å². The molecule has 0 aromatic heterocycles. The first-order valence-corrected chi connectivity index (χ1v) is 4.65. The molecular formula is C8H16ClNO3. The lowest BCUT2D eigenvalue weighted by atomic mass is 9.99. The zero-order chi connectivity index (χ0) is 10.3. The van der Waals surface area contributed by atoms with E-state index < -0.39 is 11.5 Å². The van der Waals surface area contributed by atoms with Gasteiger partial charge in [0.25, 0.3) is 0 Å². The number of halogens is 1. The summed E-state index contributed by atoms with van der Waals surface area (Å²) in [6.45, 7) is 2.33. The molecule has 0 saturated heterocycles. The molecule has 1 atom stereocenters. The number of alkyl halides is 1. The second-order valence-corrected chi connectivity index (χ2v) is 3.12.